The van der Waals surface area contributed by atoms with E-state index >= 15 is 0 Å². The average Bonchev–Trinajstić information content (AvgIpc) is 2.69. The van der Waals surface area contributed by atoms with E-state index in [9.17, 15) is 0 Å². The summed E-state index contributed by atoms with van der Waals surface area (Å²) in [6, 6.07) is 21.5. The summed E-state index contributed by atoms with van der Waals surface area (Å²) in [6.45, 7) is 2.11. The van der Waals surface area contributed by atoms with Crippen LogP contribution in [-0.4, -0.2) is 15.0 Å². The summed E-state index contributed by atoms with van der Waals surface area (Å²) in [6.07, 6.45) is 1.80. The number of para-hydroxylation sites is 1. The quantitative estimate of drug-likeness (QED) is 0.543. The van der Waals surface area contributed by atoms with Crippen molar-refractivity contribution < 1.29 is 4.74 Å². The maximum absolute atomic E-state index is 5.85. The number of pyridine rings is 1. The number of anilines is 1. The molecule has 0 unspecified atom stereocenters. The van der Waals surface area contributed by atoms with E-state index < -0.39 is 0 Å². The summed E-state index contributed by atoms with van der Waals surface area (Å²) in [5.74, 6) is 1.89. The highest BCUT2D eigenvalue weighted by atomic mass is 16.5. The van der Waals surface area contributed by atoms with Gasteiger partial charge in [0.05, 0.1) is 16.9 Å². The zero-order valence-corrected chi connectivity index (χ0v) is 15.1. The predicted octanol–water partition coefficient (Wildman–Crippen LogP) is 5.02. The molecule has 0 bridgehead atoms. The van der Waals surface area contributed by atoms with Crippen LogP contribution in [0.15, 0.2) is 66.7 Å². The summed E-state index contributed by atoms with van der Waals surface area (Å²) in [5, 5.41) is 0. The normalized spacial score (nSPS) is 10.9. The van der Waals surface area contributed by atoms with Crippen LogP contribution in [0.3, 0.4) is 0 Å². The van der Waals surface area contributed by atoms with Gasteiger partial charge in [0.25, 0.3) is 0 Å². The molecule has 2 aromatic heterocycles. The molecule has 5 nitrogen and oxygen atoms in total. The van der Waals surface area contributed by atoms with Crippen molar-refractivity contribution in [2.75, 3.05) is 5.73 Å². The Balaban J connectivity index is 1.65. The number of benzene rings is 2. The number of nitrogen functional groups attached to an aromatic ring is 1. The lowest BCUT2D eigenvalue weighted by atomic mass is 10.1. The van der Waals surface area contributed by atoms with E-state index in [0.29, 0.717) is 5.95 Å². The van der Waals surface area contributed by atoms with Crippen molar-refractivity contribution in [1.82, 2.24) is 15.0 Å². The lowest BCUT2D eigenvalue weighted by Gasteiger charge is -2.09. The highest BCUT2D eigenvalue weighted by Crippen LogP contribution is 2.26. The molecule has 4 aromatic rings. The van der Waals surface area contributed by atoms with Gasteiger partial charge < -0.3 is 10.5 Å². The fourth-order valence-electron chi connectivity index (χ4n) is 2.98. The summed E-state index contributed by atoms with van der Waals surface area (Å²) in [4.78, 5) is 13.5. The first-order valence-corrected chi connectivity index (χ1v) is 8.99. The largest absolute Gasteiger partial charge is 0.457 e. The standard InChI is InChI=1S/C22H20N4O/c1-2-6-19-21-20(26-22(23)25-19)14-13-18(24-21)15-9-11-17(12-10-15)27-16-7-4-3-5-8-16/h3-5,7-14H,2,6H2,1H3,(H2,23,25,26). The number of nitrogens with zero attached hydrogens (tertiary/aromatic N) is 3. The van der Waals surface area contributed by atoms with Crippen molar-refractivity contribution >= 4 is 17.0 Å². The summed E-state index contributed by atoms with van der Waals surface area (Å²) in [5.41, 5.74) is 10.2. The van der Waals surface area contributed by atoms with E-state index in [2.05, 4.69) is 16.9 Å². The lowest BCUT2D eigenvalue weighted by Crippen LogP contribution is -2.02. The van der Waals surface area contributed by atoms with Gasteiger partial charge in [-0.25, -0.2) is 15.0 Å². The Morgan fingerprint density at radius 3 is 2.30 bits per heavy atom. The van der Waals surface area contributed by atoms with Gasteiger partial charge in [-0.3, -0.25) is 0 Å². The molecule has 0 saturated carbocycles. The summed E-state index contributed by atoms with van der Waals surface area (Å²) in [7, 11) is 0. The van der Waals surface area contributed by atoms with Crippen LogP contribution in [0.1, 0.15) is 19.0 Å². The fourth-order valence-corrected chi connectivity index (χ4v) is 2.98. The molecule has 2 aromatic carbocycles. The van der Waals surface area contributed by atoms with Gasteiger partial charge in [0, 0.05) is 5.56 Å². The maximum atomic E-state index is 5.85. The molecule has 0 amide bonds. The van der Waals surface area contributed by atoms with Crippen LogP contribution in [0.2, 0.25) is 0 Å². The molecule has 134 valence electrons. The Bertz CT molecular complexity index is 1060. The number of rotatable bonds is 5. The van der Waals surface area contributed by atoms with Gasteiger partial charge in [-0.15, -0.1) is 0 Å². The van der Waals surface area contributed by atoms with E-state index in [1.807, 2.05) is 66.7 Å². The van der Waals surface area contributed by atoms with Gasteiger partial charge in [0.2, 0.25) is 5.95 Å². The Kier molecular flexibility index (Phi) is 4.66. The smallest absolute Gasteiger partial charge is 0.220 e. The van der Waals surface area contributed by atoms with Crippen LogP contribution >= 0.6 is 0 Å². The highest BCUT2D eigenvalue weighted by Gasteiger charge is 2.09. The van der Waals surface area contributed by atoms with Crippen LogP contribution in [0.25, 0.3) is 22.3 Å². The molecular weight excluding hydrogens is 336 g/mol. The van der Waals surface area contributed by atoms with E-state index in [0.717, 1.165) is 52.3 Å². The van der Waals surface area contributed by atoms with Gasteiger partial charge in [0.15, 0.2) is 0 Å². The zero-order valence-electron chi connectivity index (χ0n) is 15.1. The van der Waals surface area contributed by atoms with Gasteiger partial charge in [-0.05, 0) is 55.0 Å². The van der Waals surface area contributed by atoms with Gasteiger partial charge >= 0.3 is 0 Å². The maximum Gasteiger partial charge on any atom is 0.220 e. The van der Waals surface area contributed by atoms with Crippen molar-refractivity contribution in [2.45, 2.75) is 19.8 Å². The third-order valence-electron chi connectivity index (χ3n) is 4.25. The molecule has 0 radical (unpaired) electrons. The number of nitrogens with two attached hydrogens (primary N) is 1. The van der Waals surface area contributed by atoms with E-state index in [-0.39, 0.29) is 0 Å². The first-order chi connectivity index (χ1) is 13.2. The highest BCUT2D eigenvalue weighted by molar-refractivity contribution is 5.81. The predicted molar refractivity (Wildman–Crippen MR) is 108 cm³/mol. The van der Waals surface area contributed by atoms with Crippen LogP contribution in [0, 0.1) is 0 Å². The van der Waals surface area contributed by atoms with Crippen LogP contribution in [0.5, 0.6) is 11.5 Å². The molecule has 0 spiro atoms. The van der Waals surface area contributed by atoms with E-state index in [1.165, 1.54) is 0 Å². The number of aromatic nitrogens is 3. The Labute approximate surface area is 157 Å². The van der Waals surface area contributed by atoms with Crippen LogP contribution in [-0.2, 0) is 6.42 Å². The number of aryl methyl sites for hydroxylation is 1. The average molecular weight is 356 g/mol. The topological polar surface area (TPSA) is 73.9 Å². The number of hydrogen-bond acceptors (Lipinski definition) is 5. The summed E-state index contributed by atoms with van der Waals surface area (Å²) < 4.78 is 5.85. The van der Waals surface area contributed by atoms with Crippen molar-refractivity contribution in [3.63, 3.8) is 0 Å². The molecule has 0 atom stereocenters. The third kappa shape index (κ3) is 3.72. The van der Waals surface area contributed by atoms with E-state index in [1.54, 1.807) is 0 Å². The minimum atomic E-state index is 0.294. The molecule has 0 aliphatic carbocycles. The molecule has 0 saturated heterocycles. The second kappa shape index (κ2) is 7.41. The fraction of sp³-hybridized carbons (Fsp3) is 0.136. The van der Waals surface area contributed by atoms with Gasteiger partial charge in [-0.1, -0.05) is 31.5 Å². The molecule has 2 N–H and O–H groups in total. The number of ether oxygens (including phenoxy) is 1. The second-order valence-corrected chi connectivity index (χ2v) is 6.28. The molecular formula is C22H20N4O. The van der Waals surface area contributed by atoms with Gasteiger partial charge in [0.1, 0.15) is 17.0 Å². The molecule has 4 rings (SSSR count). The number of hydrogen-bond donors (Lipinski definition) is 1. The molecule has 2 heterocycles. The SMILES string of the molecule is CCCc1nc(N)nc2ccc(-c3ccc(Oc4ccccc4)cc3)nc12. The van der Waals surface area contributed by atoms with Crippen LogP contribution < -0.4 is 10.5 Å². The minimum absolute atomic E-state index is 0.294. The monoisotopic (exact) mass is 356 g/mol. The molecule has 0 aliphatic rings. The van der Waals surface area contributed by atoms with Crippen molar-refractivity contribution in [2.24, 2.45) is 0 Å². The molecule has 27 heavy (non-hydrogen) atoms. The first-order valence-electron chi connectivity index (χ1n) is 8.99. The Morgan fingerprint density at radius 2 is 1.56 bits per heavy atom. The first kappa shape index (κ1) is 17.0. The number of fused-ring (bicyclic) bond motifs is 1. The molecule has 0 aliphatic heterocycles. The Hall–Kier alpha value is -3.47. The lowest BCUT2D eigenvalue weighted by molar-refractivity contribution is 0.483. The van der Waals surface area contributed by atoms with Crippen molar-refractivity contribution in [3.8, 4) is 22.8 Å². The van der Waals surface area contributed by atoms with Crippen molar-refractivity contribution in [1.29, 1.82) is 0 Å². The molecule has 5 heteroatoms. The molecule has 0 fully saturated rings. The second-order valence-electron chi connectivity index (χ2n) is 6.28. The third-order valence-corrected chi connectivity index (χ3v) is 4.25. The minimum Gasteiger partial charge on any atom is -0.457 e. The van der Waals surface area contributed by atoms with Crippen molar-refractivity contribution in [3.05, 3.63) is 72.4 Å². The zero-order chi connectivity index (χ0) is 18.6. The van der Waals surface area contributed by atoms with Crippen LogP contribution in [0.4, 0.5) is 5.95 Å². The van der Waals surface area contributed by atoms with Gasteiger partial charge in [-0.2, -0.15) is 0 Å². The summed E-state index contributed by atoms with van der Waals surface area (Å²) >= 11 is 0. The Morgan fingerprint density at radius 1 is 0.815 bits per heavy atom. The van der Waals surface area contributed by atoms with E-state index in [4.69, 9.17) is 15.5 Å².